The molecule has 0 radical (unpaired) electrons. The van der Waals surface area contributed by atoms with Crippen LogP contribution in [0.15, 0.2) is 0 Å². The fourth-order valence-electron chi connectivity index (χ4n) is 1.22. The molecule has 0 saturated heterocycles. The number of hydrogen-bond donors (Lipinski definition) is 2. The first-order valence-corrected chi connectivity index (χ1v) is 5.65. The van der Waals surface area contributed by atoms with Crippen molar-refractivity contribution < 1.29 is 4.79 Å². The van der Waals surface area contributed by atoms with Crippen LogP contribution < -0.4 is 11.1 Å². The highest BCUT2D eigenvalue weighted by Gasteiger charge is 2.06. The highest BCUT2D eigenvalue weighted by molar-refractivity contribution is 5.76. The summed E-state index contributed by atoms with van der Waals surface area (Å²) in [6.45, 7) is 7.69. The fraction of sp³-hybridized carbons (Fsp3) is 0.909. The summed E-state index contributed by atoms with van der Waals surface area (Å²) in [5.41, 5.74) is 5.66. The van der Waals surface area contributed by atoms with Gasteiger partial charge < -0.3 is 16.0 Å². The molecule has 4 nitrogen and oxygen atoms in total. The smallest absolute Gasteiger partial charge is 0.221 e. The molecule has 15 heavy (non-hydrogen) atoms. The van der Waals surface area contributed by atoms with Gasteiger partial charge in [0, 0.05) is 25.0 Å². The minimum absolute atomic E-state index is 0.123. The summed E-state index contributed by atoms with van der Waals surface area (Å²) in [5.74, 6) is 0.123. The van der Waals surface area contributed by atoms with Crippen molar-refractivity contribution in [3.05, 3.63) is 0 Å². The highest BCUT2D eigenvalue weighted by Crippen LogP contribution is 1.93. The van der Waals surface area contributed by atoms with Crippen LogP contribution in [0.2, 0.25) is 0 Å². The van der Waals surface area contributed by atoms with Gasteiger partial charge in [0.25, 0.3) is 0 Å². The van der Waals surface area contributed by atoms with Crippen LogP contribution in [0, 0.1) is 0 Å². The van der Waals surface area contributed by atoms with Gasteiger partial charge in [-0.15, -0.1) is 0 Å². The molecular formula is C11H25N3O. The van der Waals surface area contributed by atoms with E-state index in [0.717, 1.165) is 19.5 Å². The molecule has 3 N–H and O–H groups in total. The number of nitrogens with zero attached hydrogens (tertiary/aromatic N) is 1. The summed E-state index contributed by atoms with van der Waals surface area (Å²) in [6, 6.07) is 0.462. The van der Waals surface area contributed by atoms with E-state index >= 15 is 0 Å². The van der Waals surface area contributed by atoms with Crippen LogP contribution in [0.4, 0.5) is 0 Å². The summed E-state index contributed by atoms with van der Waals surface area (Å²) in [7, 11) is 2.02. The molecule has 90 valence electrons. The fourth-order valence-corrected chi connectivity index (χ4v) is 1.22. The lowest BCUT2D eigenvalue weighted by atomic mass is 10.2. The monoisotopic (exact) mass is 215 g/mol. The molecule has 0 bridgehead atoms. The topological polar surface area (TPSA) is 58.4 Å². The second-order valence-corrected chi connectivity index (χ2v) is 4.54. The largest absolute Gasteiger partial charge is 0.354 e. The van der Waals surface area contributed by atoms with Crippen LogP contribution in [-0.4, -0.2) is 43.0 Å². The van der Waals surface area contributed by atoms with Crippen molar-refractivity contribution in [1.82, 2.24) is 10.2 Å². The maximum Gasteiger partial charge on any atom is 0.221 e. The van der Waals surface area contributed by atoms with Crippen molar-refractivity contribution in [2.45, 2.75) is 45.7 Å². The number of nitrogens with two attached hydrogens (primary N) is 1. The van der Waals surface area contributed by atoms with Crippen LogP contribution >= 0.6 is 0 Å². The van der Waals surface area contributed by atoms with Crippen molar-refractivity contribution in [2.75, 3.05) is 20.1 Å². The third-order valence-electron chi connectivity index (χ3n) is 2.14. The first kappa shape index (κ1) is 14.4. The van der Waals surface area contributed by atoms with Gasteiger partial charge in [-0.05, 0) is 40.8 Å². The van der Waals surface area contributed by atoms with Gasteiger partial charge in [0.15, 0.2) is 0 Å². The van der Waals surface area contributed by atoms with E-state index < -0.39 is 0 Å². The van der Waals surface area contributed by atoms with E-state index in [4.69, 9.17) is 5.73 Å². The van der Waals surface area contributed by atoms with E-state index in [1.165, 1.54) is 0 Å². The molecule has 0 aliphatic rings. The summed E-state index contributed by atoms with van der Waals surface area (Å²) >= 11 is 0. The van der Waals surface area contributed by atoms with E-state index in [1.807, 2.05) is 27.8 Å². The zero-order valence-electron chi connectivity index (χ0n) is 10.4. The molecule has 0 spiro atoms. The van der Waals surface area contributed by atoms with Crippen molar-refractivity contribution in [1.29, 1.82) is 0 Å². The Morgan fingerprint density at radius 3 is 2.40 bits per heavy atom. The van der Waals surface area contributed by atoms with Crippen molar-refractivity contribution in [3.8, 4) is 0 Å². The minimum atomic E-state index is 0.123. The Labute approximate surface area is 93.2 Å². The summed E-state index contributed by atoms with van der Waals surface area (Å²) in [6.07, 6.45) is 1.54. The molecule has 4 heteroatoms. The average molecular weight is 215 g/mol. The standard InChI is InChI=1S/C11H25N3O/c1-9(2)13-11(15)6-8-14(4)7-5-10(3)12/h9-10H,5-8,12H2,1-4H3,(H,13,15). The molecule has 0 aliphatic carbocycles. The van der Waals surface area contributed by atoms with Crippen LogP contribution in [0.25, 0.3) is 0 Å². The number of hydrogen-bond acceptors (Lipinski definition) is 3. The molecule has 1 atom stereocenters. The zero-order chi connectivity index (χ0) is 11.8. The van der Waals surface area contributed by atoms with Gasteiger partial charge in [-0.3, -0.25) is 4.79 Å². The minimum Gasteiger partial charge on any atom is -0.354 e. The van der Waals surface area contributed by atoms with Crippen molar-refractivity contribution in [3.63, 3.8) is 0 Å². The van der Waals surface area contributed by atoms with E-state index in [-0.39, 0.29) is 18.0 Å². The Balaban J connectivity index is 3.53. The normalized spacial score (nSPS) is 13.3. The van der Waals surface area contributed by atoms with Crippen LogP contribution in [0.3, 0.4) is 0 Å². The van der Waals surface area contributed by atoms with Crippen molar-refractivity contribution >= 4 is 5.91 Å². The Morgan fingerprint density at radius 2 is 1.93 bits per heavy atom. The zero-order valence-corrected chi connectivity index (χ0v) is 10.4. The van der Waals surface area contributed by atoms with Crippen LogP contribution in [-0.2, 0) is 4.79 Å². The molecule has 0 fully saturated rings. The second-order valence-electron chi connectivity index (χ2n) is 4.54. The average Bonchev–Trinajstić information content (AvgIpc) is 2.10. The number of carbonyl (C=O) groups is 1. The molecule has 1 amide bonds. The molecule has 1 unspecified atom stereocenters. The van der Waals surface area contributed by atoms with Gasteiger partial charge in [-0.1, -0.05) is 0 Å². The number of carbonyl (C=O) groups excluding carboxylic acids is 1. The number of amides is 1. The Bertz CT molecular complexity index is 181. The highest BCUT2D eigenvalue weighted by atomic mass is 16.1. The summed E-state index contributed by atoms with van der Waals surface area (Å²) < 4.78 is 0. The van der Waals surface area contributed by atoms with Crippen LogP contribution in [0.5, 0.6) is 0 Å². The molecule has 0 aromatic carbocycles. The molecule has 0 aliphatic heterocycles. The summed E-state index contributed by atoms with van der Waals surface area (Å²) in [4.78, 5) is 13.5. The predicted octanol–water partition coefficient (Wildman–Crippen LogP) is 0.570. The molecule has 0 heterocycles. The van der Waals surface area contributed by atoms with E-state index in [0.29, 0.717) is 6.42 Å². The Kier molecular flexibility index (Phi) is 7.34. The number of rotatable bonds is 7. The molecule has 0 saturated carbocycles. The predicted molar refractivity (Wildman–Crippen MR) is 63.7 cm³/mol. The van der Waals surface area contributed by atoms with Gasteiger partial charge in [0.2, 0.25) is 5.91 Å². The van der Waals surface area contributed by atoms with Gasteiger partial charge in [0.05, 0.1) is 0 Å². The Morgan fingerprint density at radius 1 is 1.33 bits per heavy atom. The molecular weight excluding hydrogens is 190 g/mol. The van der Waals surface area contributed by atoms with Gasteiger partial charge in [0.1, 0.15) is 0 Å². The van der Waals surface area contributed by atoms with Gasteiger partial charge >= 0.3 is 0 Å². The molecule has 0 aromatic rings. The second kappa shape index (κ2) is 7.65. The van der Waals surface area contributed by atoms with Crippen LogP contribution in [0.1, 0.15) is 33.6 Å². The Hall–Kier alpha value is -0.610. The SMILES string of the molecule is CC(N)CCN(C)CCC(=O)NC(C)C. The quantitative estimate of drug-likeness (QED) is 0.653. The van der Waals surface area contributed by atoms with E-state index in [1.54, 1.807) is 0 Å². The maximum absolute atomic E-state index is 11.3. The van der Waals surface area contributed by atoms with Gasteiger partial charge in [-0.25, -0.2) is 0 Å². The van der Waals surface area contributed by atoms with E-state index in [2.05, 4.69) is 10.2 Å². The van der Waals surface area contributed by atoms with Crippen molar-refractivity contribution in [2.24, 2.45) is 5.73 Å². The first-order valence-electron chi connectivity index (χ1n) is 5.65. The summed E-state index contributed by atoms with van der Waals surface area (Å²) in [5, 5.41) is 2.87. The third kappa shape index (κ3) is 9.69. The maximum atomic E-state index is 11.3. The lowest BCUT2D eigenvalue weighted by Gasteiger charge is -2.17. The lowest BCUT2D eigenvalue weighted by molar-refractivity contribution is -0.121. The third-order valence-corrected chi connectivity index (χ3v) is 2.14. The van der Waals surface area contributed by atoms with E-state index in [9.17, 15) is 4.79 Å². The molecule has 0 rings (SSSR count). The number of nitrogens with one attached hydrogen (secondary N) is 1. The lowest BCUT2D eigenvalue weighted by Crippen LogP contribution is -2.34. The first-order chi connectivity index (χ1) is 6.91. The van der Waals surface area contributed by atoms with Gasteiger partial charge in [-0.2, -0.15) is 0 Å². The molecule has 0 aromatic heterocycles.